The lowest BCUT2D eigenvalue weighted by molar-refractivity contribution is 0.358. The van der Waals surface area contributed by atoms with Crippen LogP contribution < -0.4 is 5.32 Å². The molecule has 15 heavy (non-hydrogen) atoms. The SMILES string of the molecule is CC(CS(C)(=O)=O)N[C@H](C)C1CCCC1. The first-order valence-electron chi connectivity index (χ1n) is 5.82. The van der Waals surface area contributed by atoms with Gasteiger partial charge in [-0.3, -0.25) is 0 Å². The average molecular weight is 233 g/mol. The molecule has 0 radical (unpaired) electrons. The summed E-state index contributed by atoms with van der Waals surface area (Å²) in [6, 6.07) is 0.514. The van der Waals surface area contributed by atoms with Crippen molar-refractivity contribution in [1.82, 2.24) is 5.32 Å². The molecule has 0 saturated heterocycles. The van der Waals surface area contributed by atoms with Gasteiger partial charge in [-0.1, -0.05) is 12.8 Å². The zero-order valence-electron chi connectivity index (χ0n) is 9.99. The summed E-state index contributed by atoms with van der Waals surface area (Å²) in [5, 5.41) is 3.40. The lowest BCUT2D eigenvalue weighted by atomic mass is 9.99. The van der Waals surface area contributed by atoms with Crippen LogP contribution in [0.25, 0.3) is 0 Å². The molecule has 1 unspecified atom stereocenters. The molecule has 2 atom stereocenters. The smallest absolute Gasteiger partial charge is 0.148 e. The summed E-state index contributed by atoms with van der Waals surface area (Å²) in [6.07, 6.45) is 6.54. The van der Waals surface area contributed by atoms with Gasteiger partial charge in [0.05, 0.1) is 5.75 Å². The Balaban J connectivity index is 2.33. The van der Waals surface area contributed by atoms with Crippen molar-refractivity contribution in [3.8, 4) is 0 Å². The Bertz CT molecular complexity index is 281. The summed E-state index contributed by atoms with van der Waals surface area (Å²) in [5.74, 6) is 0.983. The lowest BCUT2D eigenvalue weighted by Crippen LogP contribution is -2.42. The van der Waals surface area contributed by atoms with Gasteiger partial charge >= 0.3 is 0 Å². The van der Waals surface area contributed by atoms with Gasteiger partial charge in [0.1, 0.15) is 9.84 Å². The topological polar surface area (TPSA) is 46.2 Å². The van der Waals surface area contributed by atoms with Gasteiger partial charge in [0.15, 0.2) is 0 Å². The van der Waals surface area contributed by atoms with Gasteiger partial charge in [-0.2, -0.15) is 0 Å². The van der Waals surface area contributed by atoms with Crippen LogP contribution in [0.5, 0.6) is 0 Å². The second-order valence-corrected chi connectivity index (χ2v) is 7.18. The number of sulfone groups is 1. The van der Waals surface area contributed by atoms with E-state index in [0.717, 1.165) is 5.92 Å². The van der Waals surface area contributed by atoms with E-state index in [0.29, 0.717) is 6.04 Å². The Hall–Kier alpha value is -0.0900. The van der Waals surface area contributed by atoms with Crippen LogP contribution in [-0.4, -0.2) is 32.5 Å². The minimum absolute atomic E-state index is 0.0654. The third-order valence-corrected chi connectivity index (χ3v) is 4.31. The van der Waals surface area contributed by atoms with Crippen molar-refractivity contribution in [3.05, 3.63) is 0 Å². The molecule has 3 nitrogen and oxygen atoms in total. The highest BCUT2D eigenvalue weighted by Crippen LogP contribution is 2.27. The Kier molecular flexibility index (Phi) is 4.59. The summed E-state index contributed by atoms with van der Waals surface area (Å²) in [4.78, 5) is 0. The van der Waals surface area contributed by atoms with Gasteiger partial charge in [0, 0.05) is 18.3 Å². The van der Waals surface area contributed by atoms with Gasteiger partial charge in [-0.25, -0.2) is 8.42 Å². The molecule has 0 aliphatic heterocycles. The summed E-state index contributed by atoms with van der Waals surface area (Å²) in [7, 11) is -2.86. The van der Waals surface area contributed by atoms with E-state index < -0.39 is 9.84 Å². The lowest BCUT2D eigenvalue weighted by Gasteiger charge is -2.24. The molecule has 1 aliphatic carbocycles. The maximum atomic E-state index is 11.1. The number of hydrogen-bond donors (Lipinski definition) is 1. The van der Waals surface area contributed by atoms with E-state index in [1.807, 2.05) is 6.92 Å². The van der Waals surface area contributed by atoms with Crippen molar-refractivity contribution < 1.29 is 8.42 Å². The Morgan fingerprint density at radius 3 is 2.27 bits per heavy atom. The number of nitrogens with one attached hydrogen (secondary N) is 1. The van der Waals surface area contributed by atoms with E-state index in [1.165, 1.54) is 31.9 Å². The molecule has 0 aromatic carbocycles. The number of hydrogen-bond acceptors (Lipinski definition) is 3. The van der Waals surface area contributed by atoms with Crippen molar-refractivity contribution in [2.24, 2.45) is 5.92 Å². The van der Waals surface area contributed by atoms with Crippen molar-refractivity contribution in [2.45, 2.75) is 51.6 Å². The normalized spacial score (nSPS) is 22.9. The molecule has 1 saturated carbocycles. The van der Waals surface area contributed by atoms with Crippen LogP contribution in [0.3, 0.4) is 0 Å². The van der Waals surface area contributed by atoms with Crippen molar-refractivity contribution >= 4 is 9.84 Å². The van der Waals surface area contributed by atoms with E-state index in [2.05, 4.69) is 12.2 Å². The first-order valence-corrected chi connectivity index (χ1v) is 7.88. The van der Waals surface area contributed by atoms with Crippen molar-refractivity contribution in [3.63, 3.8) is 0 Å². The monoisotopic (exact) mass is 233 g/mol. The Labute approximate surface area is 93.6 Å². The third kappa shape index (κ3) is 4.98. The molecular weight excluding hydrogens is 210 g/mol. The van der Waals surface area contributed by atoms with Gasteiger partial charge in [0.2, 0.25) is 0 Å². The van der Waals surface area contributed by atoms with Crippen LogP contribution in [0, 0.1) is 5.92 Å². The van der Waals surface area contributed by atoms with Crippen LogP contribution in [0.4, 0.5) is 0 Å². The van der Waals surface area contributed by atoms with Crippen molar-refractivity contribution in [2.75, 3.05) is 12.0 Å². The van der Waals surface area contributed by atoms with E-state index >= 15 is 0 Å². The Morgan fingerprint density at radius 1 is 1.27 bits per heavy atom. The fourth-order valence-electron chi connectivity index (χ4n) is 2.54. The van der Waals surface area contributed by atoms with Crippen LogP contribution in [0.2, 0.25) is 0 Å². The van der Waals surface area contributed by atoms with E-state index in [-0.39, 0.29) is 11.8 Å². The predicted octanol–water partition coefficient (Wildman–Crippen LogP) is 1.59. The van der Waals surface area contributed by atoms with E-state index in [1.54, 1.807) is 0 Å². The predicted molar refractivity (Wildman–Crippen MR) is 63.7 cm³/mol. The highest BCUT2D eigenvalue weighted by molar-refractivity contribution is 7.90. The van der Waals surface area contributed by atoms with Crippen LogP contribution in [0.1, 0.15) is 39.5 Å². The molecular formula is C11H23NO2S. The first-order chi connectivity index (χ1) is 6.88. The number of rotatable bonds is 5. The van der Waals surface area contributed by atoms with Crippen LogP contribution in [-0.2, 0) is 9.84 Å². The minimum Gasteiger partial charge on any atom is -0.310 e. The second-order valence-electron chi connectivity index (χ2n) is 4.99. The molecule has 0 aromatic heterocycles. The maximum absolute atomic E-state index is 11.1. The first kappa shape index (κ1) is 13.0. The molecule has 0 spiro atoms. The molecule has 0 aromatic rings. The highest BCUT2D eigenvalue weighted by Gasteiger charge is 2.23. The van der Waals surface area contributed by atoms with Gasteiger partial charge < -0.3 is 5.32 Å². The molecule has 1 aliphatic rings. The molecule has 1 fully saturated rings. The summed E-state index contributed by atoms with van der Waals surface area (Å²) >= 11 is 0. The quantitative estimate of drug-likeness (QED) is 0.784. The summed E-state index contributed by atoms with van der Waals surface area (Å²) in [5.41, 5.74) is 0. The Morgan fingerprint density at radius 2 is 1.80 bits per heavy atom. The molecule has 90 valence electrons. The maximum Gasteiger partial charge on any atom is 0.148 e. The van der Waals surface area contributed by atoms with Crippen LogP contribution >= 0.6 is 0 Å². The standard InChI is InChI=1S/C11H23NO2S/c1-9(8-15(3,13)14)12-10(2)11-6-4-5-7-11/h9-12H,4-8H2,1-3H3/t9?,10-/m1/s1. The zero-order chi connectivity index (χ0) is 11.5. The molecule has 0 amide bonds. The van der Waals surface area contributed by atoms with Gasteiger partial charge in [-0.05, 0) is 32.6 Å². The molecule has 0 heterocycles. The zero-order valence-corrected chi connectivity index (χ0v) is 10.8. The average Bonchev–Trinajstić information content (AvgIpc) is 2.50. The van der Waals surface area contributed by atoms with Gasteiger partial charge in [-0.15, -0.1) is 0 Å². The fourth-order valence-corrected chi connectivity index (χ4v) is 3.55. The molecule has 1 rings (SSSR count). The van der Waals surface area contributed by atoms with Crippen molar-refractivity contribution in [1.29, 1.82) is 0 Å². The van der Waals surface area contributed by atoms with E-state index in [9.17, 15) is 8.42 Å². The third-order valence-electron chi connectivity index (χ3n) is 3.21. The summed E-state index contributed by atoms with van der Waals surface area (Å²) < 4.78 is 22.2. The molecule has 4 heteroatoms. The summed E-state index contributed by atoms with van der Waals surface area (Å²) in [6.45, 7) is 4.13. The molecule has 1 N–H and O–H groups in total. The fraction of sp³-hybridized carbons (Fsp3) is 1.00. The second kappa shape index (κ2) is 5.30. The van der Waals surface area contributed by atoms with Crippen LogP contribution in [0.15, 0.2) is 0 Å². The van der Waals surface area contributed by atoms with Gasteiger partial charge in [0.25, 0.3) is 0 Å². The largest absolute Gasteiger partial charge is 0.310 e. The minimum atomic E-state index is -2.86. The van der Waals surface area contributed by atoms with E-state index in [4.69, 9.17) is 0 Å². The molecule has 0 bridgehead atoms. The highest BCUT2D eigenvalue weighted by atomic mass is 32.2.